The van der Waals surface area contributed by atoms with Crippen LogP contribution in [-0.2, 0) is 6.18 Å². The lowest BCUT2D eigenvalue weighted by Crippen LogP contribution is -2.16. The van der Waals surface area contributed by atoms with Gasteiger partial charge in [-0.3, -0.25) is 10.1 Å². The molecule has 1 rings (SSSR count). The number of aliphatic hydroxyl groups is 1. The number of nitrogens with zero attached hydrogens (tertiary/aromatic N) is 1. The number of hydrogen-bond acceptors (Lipinski definition) is 5. The normalized spacial score (nSPS) is 13.4. The van der Waals surface area contributed by atoms with Crippen molar-refractivity contribution in [1.29, 1.82) is 0 Å². The van der Waals surface area contributed by atoms with Gasteiger partial charge in [0, 0.05) is 11.6 Å². The summed E-state index contributed by atoms with van der Waals surface area (Å²) in [4.78, 5) is 9.34. The molecule has 0 aliphatic carbocycles. The van der Waals surface area contributed by atoms with Crippen molar-refractivity contribution in [2.45, 2.75) is 12.2 Å². The molecule has 9 heteroatoms. The van der Waals surface area contributed by atoms with Gasteiger partial charge < -0.3 is 15.9 Å². The third kappa shape index (κ3) is 2.68. The van der Waals surface area contributed by atoms with Crippen LogP contribution < -0.4 is 5.73 Å². The molecule has 0 radical (unpaired) electrons. The van der Waals surface area contributed by atoms with Crippen LogP contribution in [0.15, 0.2) is 12.1 Å². The van der Waals surface area contributed by atoms with Crippen LogP contribution in [0.5, 0.6) is 5.75 Å². The van der Waals surface area contributed by atoms with Crippen molar-refractivity contribution in [1.82, 2.24) is 0 Å². The summed E-state index contributed by atoms with van der Waals surface area (Å²) < 4.78 is 37.5. The molecule has 1 atom stereocenters. The smallest absolute Gasteiger partial charge is 0.423 e. The summed E-state index contributed by atoms with van der Waals surface area (Å²) in [6.07, 6.45) is -4.97. The van der Waals surface area contributed by atoms with Gasteiger partial charge in [0.05, 0.1) is 17.6 Å². The van der Waals surface area contributed by atoms with Crippen molar-refractivity contribution in [2.75, 3.05) is 6.61 Å². The second-order valence-electron chi connectivity index (χ2n) is 3.47. The fourth-order valence-corrected chi connectivity index (χ4v) is 1.37. The minimum absolute atomic E-state index is 0.225. The number of halogens is 3. The summed E-state index contributed by atoms with van der Waals surface area (Å²) in [5.74, 6) is -0.852. The van der Waals surface area contributed by atoms with E-state index in [4.69, 9.17) is 10.8 Å². The molecule has 0 saturated carbocycles. The number of aliphatic hydroxyl groups excluding tert-OH is 1. The molecule has 4 N–H and O–H groups in total. The van der Waals surface area contributed by atoms with E-state index in [-0.39, 0.29) is 11.6 Å². The Morgan fingerprint density at radius 3 is 2.39 bits per heavy atom. The second-order valence-corrected chi connectivity index (χ2v) is 3.47. The molecule has 18 heavy (non-hydrogen) atoms. The first-order chi connectivity index (χ1) is 8.18. The zero-order valence-electron chi connectivity index (χ0n) is 8.81. The Morgan fingerprint density at radius 1 is 1.44 bits per heavy atom. The fourth-order valence-electron chi connectivity index (χ4n) is 1.37. The van der Waals surface area contributed by atoms with E-state index < -0.39 is 40.7 Å². The highest BCUT2D eigenvalue weighted by molar-refractivity contribution is 5.52. The zero-order valence-corrected chi connectivity index (χ0v) is 8.81. The molecule has 6 nitrogen and oxygen atoms in total. The number of nitrogens with two attached hydrogens (primary N) is 1. The molecule has 0 aliphatic heterocycles. The minimum Gasteiger partial charge on any atom is -0.508 e. The van der Waals surface area contributed by atoms with Gasteiger partial charge in [-0.25, -0.2) is 0 Å². The van der Waals surface area contributed by atoms with E-state index in [2.05, 4.69) is 0 Å². The van der Waals surface area contributed by atoms with Crippen molar-refractivity contribution in [2.24, 2.45) is 5.73 Å². The lowest BCUT2D eigenvalue weighted by molar-refractivity contribution is -0.388. The molecule has 0 saturated heterocycles. The molecular weight excluding hydrogens is 257 g/mol. The third-order valence-electron chi connectivity index (χ3n) is 2.24. The Kier molecular flexibility index (Phi) is 3.77. The standard InChI is InChI=1S/C9H9F3N2O4/c10-9(11,12)5-2-8(16)4(6(13)3-15)1-7(5)14(17)18/h1-2,6,15-16H,3,13H2/t6-/m0/s1. The first kappa shape index (κ1) is 14.2. The maximum absolute atomic E-state index is 12.5. The van der Waals surface area contributed by atoms with Crippen LogP contribution in [0.4, 0.5) is 18.9 Å². The minimum atomic E-state index is -4.97. The van der Waals surface area contributed by atoms with Gasteiger partial charge in [-0.2, -0.15) is 13.2 Å². The highest BCUT2D eigenvalue weighted by Gasteiger charge is 2.39. The van der Waals surface area contributed by atoms with Crippen molar-refractivity contribution >= 4 is 5.69 Å². The van der Waals surface area contributed by atoms with E-state index in [9.17, 15) is 28.4 Å². The molecule has 0 heterocycles. The molecule has 0 amide bonds. The van der Waals surface area contributed by atoms with Crippen molar-refractivity contribution in [3.8, 4) is 5.75 Å². The summed E-state index contributed by atoms with van der Waals surface area (Å²) in [6, 6.07) is -0.465. The topological polar surface area (TPSA) is 110 Å². The van der Waals surface area contributed by atoms with Gasteiger partial charge in [0.1, 0.15) is 11.3 Å². The Morgan fingerprint density at radius 2 is 2.00 bits per heavy atom. The summed E-state index contributed by atoms with van der Waals surface area (Å²) in [6.45, 7) is -0.671. The Labute approximate surface area is 98.6 Å². The molecule has 0 aromatic heterocycles. The van der Waals surface area contributed by atoms with Crippen LogP contribution in [0, 0.1) is 10.1 Å². The van der Waals surface area contributed by atoms with Gasteiger partial charge in [-0.15, -0.1) is 0 Å². The summed E-state index contributed by atoms with van der Waals surface area (Å²) in [5, 5.41) is 28.7. The van der Waals surface area contributed by atoms with Gasteiger partial charge in [-0.05, 0) is 6.07 Å². The molecule has 100 valence electrons. The predicted molar refractivity (Wildman–Crippen MR) is 53.8 cm³/mol. The highest BCUT2D eigenvalue weighted by atomic mass is 19.4. The molecule has 0 bridgehead atoms. The quantitative estimate of drug-likeness (QED) is 0.564. The van der Waals surface area contributed by atoms with Crippen LogP contribution in [-0.4, -0.2) is 21.7 Å². The number of phenolic OH excluding ortho intramolecular Hbond substituents is 1. The summed E-state index contributed by atoms with van der Waals surface area (Å²) in [5.41, 5.74) is 2.19. The maximum atomic E-state index is 12.5. The van der Waals surface area contributed by atoms with Crippen LogP contribution in [0.3, 0.4) is 0 Å². The number of nitro groups is 1. The van der Waals surface area contributed by atoms with E-state index in [1.54, 1.807) is 0 Å². The first-order valence-corrected chi connectivity index (χ1v) is 4.63. The number of aromatic hydroxyl groups is 1. The van der Waals surface area contributed by atoms with E-state index in [1.165, 1.54) is 0 Å². The van der Waals surface area contributed by atoms with Gasteiger partial charge in [0.15, 0.2) is 0 Å². The number of nitro benzene ring substituents is 1. The van der Waals surface area contributed by atoms with Crippen LogP contribution >= 0.6 is 0 Å². The van der Waals surface area contributed by atoms with Crippen molar-refractivity contribution in [3.63, 3.8) is 0 Å². The average Bonchev–Trinajstić information content (AvgIpc) is 2.26. The largest absolute Gasteiger partial charge is 0.508 e. The molecule has 1 aromatic carbocycles. The zero-order chi connectivity index (χ0) is 14.1. The van der Waals surface area contributed by atoms with E-state index in [0.29, 0.717) is 6.07 Å². The maximum Gasteiger partial charge on any atom is 0.423 e. The molecule has 0 spiro atoms. The molecule has 0 aliphatic rings. The van der Waals surface area contributed by atoms with Crippen molar-refractivity contribution < 1.29 is 28.3 Å². The molecule has 1 aromatic rings. The summed E-state index contributed by atoms with van der Waals surface area (Å²) >= 11 is 0. The Bertz CT molecular complexity index is 476. The number of alkyl halides is 3. The number of rotatable bonds is 3. The first-order valence-electron chi connectivity index (χ1n) is 4.63. The van der Waals surface area contributed by atoms with E-state index in [1.807, 2.05) is 0 Å². The molecule has 0 fully saturated rings. The van der Waals surface area contributed by atoms with E-state index >= 15 is 0 Å². The van der Waals surface area contributed by atoms with Gasteiger partial charge in [0.25, 0.3) is 5.69 Å². The van der Waals surface area contributed by atoms with E-state index in [0.717, 1.165) is 0 Å². The second kappa shape index (κ2) is 4.78. The Balaban J connectivity index is 3.49. The lowest BCUT2D eigenvalue weighted by atomic mass is 10.0. The van der Waals surface area contributed by atoms with Gasteiger partial charge in [0.2, 0.25) is 0 Å². The van der Waals surface area contributed by atoms with Gasteiger partial charge >= 0.3 is 6.18 Å². The highest BCUT2D eigenvalue weighted by Crippen LogP contribution is 2.40. The molecule has 0 unspecified atom stereocenters. The van der Waals surface area contributed by atoms with Crippen LogP contribution in [0.25, 0.3) is 0 Å². The van der Waals surface area contributed by atoms with Crippen LogP contribution in [0.1, 0.15) is 17.2 Å². The Hall–Kier alpha value is -1.87. The van der Waals surface area contributed by atoms with Crippen LogP contribution in [0.2, 0.25) is 0 Å². The lowest BCUT2D eigenvalue weighted by Gasteiger charge is -2.14. The number of hydrogen-bond donors (Lipinski definition) is 3. The van der Waals surface area contributed by atoms with Gasteiger partial charge in [-0.1, -0.05) is 0 Å². The SMILES string of the molecule is N[C@@H](CO)c1cc([N+](=O)[O-])c(C(F)(F)F)cc1O. The predicted octanol–water partition coefficient (Wildman–Crippen LogP) is 1.31. The fraction of sp³-hybridized carbons (Fsp3) is 0.333. The number of benzene rings is 1. The summed E-state index contributed by atoms with van der Waals surface area (Å²) in [7, 11) is 0. The monoisotopic (exact) mass is 266 g/mol. The number of phenols is 1. The third-order valence-corrected chi connectivity index (χ3v) is 2.24. The average molecular weight is 266 g/mol. The molecular formula is C9H9F3N2O4. The van der Waals surface area contributed by atoms with Crippen molar-refractivity contribution in [3.05, 3.63) is 33.4 Å².